The molecule has 2 aliphatic rings. The van der Waals surface area contributed by atoms with Crippen molar-refractivity contribution in [3.8, 4) is 5.75 Å². The highest BCUT2D eigenvalue weighted by molar-refractivity contribution is 5.94. The number of carbonyl (C=O) groups is 1. The van der Waals surface area contributed by atoms with E-state index in [-0.39, 0.29) is 23.5 Å². The van der Waals surface area contributed by atoms with E-state index in [0.717, 1.165) is 29.8 Å². The van der Waals surface area contributed by atoms with E-state index in [1.165, 1.54) is 12.1 Å². The van der Waals surface area contributed by atoms with Crippen molar-refractivity contribution in [3.05, 3.63) is 53.5 Å². The molecule has 1 amide bonds. The number of piperidine rings is 2. The van der Waals surface area contributed by atoms with E-state index in [1.54, 1.807) is 11.1 Å². The Bertz CT molecular complexity index is 1190. The van der Waals surface area contributed by atoms with Gasteiger partial charge < -0.3 is 19.9 Å². The van der Waals surface area contributed by atoms with Crippen molar-refractivity contribution >= 4 is 17.1 Å². The number of H-pyrrole nitrogens is 1. The van der Waals surface area contributed by atoms with Crippen LogP contribution in [-0.2, 0) is 0 Å². The van der Waals surface area contributed by atoms with Crippen molar-refractivity contribution in [2.75, 3.05) is 26.2 Å². The van der Waals surface area contributed by atoms with Gasteiger partial charge >= 0.3 is 6.36 Å². The number of hydrogen-bond acceptors (Lipinski definition) is 5. The van der Waals surface area contributed by atoms with Crippen molar-refractivity contribution in [1.82, 2.24) is 25.2 Å². The molecule has 2 fully saturated rings. The van der Waals surface area contributed by atoms with Crippen LogP contribution in [-0.4, -0.2) is 64.5 Å². The Kier molecular flexibility index (Phi) is 6.35. The Balaban J connectivity index is 1.26. The number of hydrogen-bond donors (Lipinski definition) is 2. The van der Waals surface area contributed by atoms with Crippen LogP contribution >= 0.6 is 0 Å². The van der Waals surface area contributed by atoms with E-state index in [2.05, 4.69) is 20.0 Å². The van der Waals surface area contributed by atoms with Gasteiger partial charge in [-0.25, -0.2) is 14.4 Å². The topological polar surface area (TPSA) is 83.1 Å². The van der Waals surface area contributed by atoms with E-state index in [9.17, 15) is 22.4 Å². The molecule has 2 N–H and O–H groups in total. The fraction of sp³-hybridized carbons (Fsp3) is 0.458. The molecule has 0 spiro atoms. The lowest BCUT2D eigenvalue weighted by Crippen LogP contribution is -2.38. The third-order valence-corrected chi connectivity index (χ3v) is 6.75. The molecule has 3 aromatic rings. The second-order valence-electron chi connectivity index (χ2n) is 8.97. The van der Waals surface area contributed by atoms with E-state index < -0.39 is 12.5 Å². The van der Waals surface area contributed by atoms with Gasteiger partial charge in [-0.1, -0.05) is 0 Å². The summed E-state index contributed by atoms with van der Waals surface area (Å²) in [7, 11) is 0. The highest BCUT2D eigenvalue weighted by atomic mass is 19.4. The standard InChI is InChI=1S/C24H25F4N5O2/c25-19-13-29-9-5-18(19)21-31-20-17(6-10-30-22(20)32-21)14-7-11-33(12-8-14)23(34)15-1-3-16(4-2-15)35-24(26,27)28/h1-4,6,10,14,18-19,29H,5,7-9,11-13H2,(H,30,31,32). The van der Waals surface area contributed by atoms with Crippen molar-refractivity contribution in [3.63, 3.8) is 0 Å². The fourth-order valence-electron chi connectivity index (χ4n) is 4.96. The Labute approximate surface area is 198 Å². The van der Waals surface area contributed by atoms with Gasteiger partial charge in [0.25, 0.3) is 5.91 Å². The molecule has 4 heterocycles. The minimum Gasteiger partial charge on any atom is -0.406 e. The fourth-order valence-corrected chi connectivity index (χ4v) is 4.96. The van der Waals surface area contributed by atoms with Gasteiger partial charge in [0, 0.05) is 31.4 Å². The summed E-state index contributed by atoms with van der Waals surface area (Å²) in [6.07, 6.45) is -1.97. The number of carbonyl (C=O) groups excluding carboxylic acids is 1. The maximum Gasteiger partial charge on any atom is 0.573 e. The summed E-state index contributed by atoms with van der Waals surface area (Å²) in [4.78, 5) is 26.9. The monoisotopic (exact) mass is 491 g/mol. The first-order valence-corrected chi connectivity index (χ1v) is 11.6. The molecule has 2 unspecified atom stereocenters. The van der Waals surface area contributed by atoms with Gasteiger partial charge in [0.2, 0.25) is 0 Å². The second-order valence-corrected chi connectivity index (χ2v) is 8.97. The molecule has 186 valence electrons. The van der Waals surface area contributed by atoms with Crippen molar-refractivity contribution in [2.45, 2.75) is 43.6 Å². The maximum atomic E-state index is 14.4. The molecular formula is C24H25F4N5O2. The first kappa shape index (κ1) is 23.5. The number of nitrogens with zero attached hydrogens (tertiary/aromatic N) is 3. The van der Waals surface area contributed by atoms with Crippen LogP contribution in [0.3, 0.4) is 0 Å². The van der Waals surface area contributed by atoms with Crippen LogP contribution in [0.1, 0.15) is 52.8 Å². The zero-order chi connectivity index (χ0) is 24.6. The Hall–Kier alpha value is -3.21. The molecular weight excluding hydrogens is 466 g/mol. The second kappa shape index (κ2) is 9.44. The third kappa shape index (κ3) is 5.09. The van der Waals surface area contributed by atoms with E-state index in [0.29, 0.717) is 55.9 Å². The highest BCUT2D eigenvalue weighted by Gasteiger charge is 2.32. The quantitative estimate of drug-likeness (QED) is 0.532. The summed E-state index contributed by atoms with van der Waals surface area (Å²) >= 11 is 0. The molecule has 2 atom stereocenters. The Morgan fingerprint density at radius 3 is 2.51 bits per heavy atom. The number of aromatic amines is 1. The lowest BCUT2D eigenvalue weighted by atomic mass is 9.89. The van der Waals surface area contributed by atoms with Gasteiger partial charge in [0.15, 0.2) is 5.65 Å². The molecule has 0 aliphatic carbocycles. The minimum atomic E-state index is -4.78. The average molecular weight is 491 g/mol. The summed E-state index contributed by atoms with van der Waals surface area (Å²) in [6, 6.07) is 6.89. The number of fused-ring (bicyclic) bond motifs is 1. The van der Waals surface area contributed by atoms with Crippen LogP contribution in [0.4, 0.5) is 17.6 Å². The minimum absolute atomic E-state index is 0.164. The summed E-state index contributed by atoms with van der Waals surface area (Å²) in [5.74, 6) is -0.0945. The molecule has 0 saturated carbocycles. The maximum absolute atomic E-state index is 14.4. The molecule has 2 saturated heterocycles. The van der Waals surface area contributed by atoms with Crippen LogP contribution in [0.15, 0.2) is 36.5 Å². The highest BCUT2D eigenvalue weighted by Crippen LogP contribution is 2.34. The summed E-state index contributed by atoms with van der Waals surface area (Å²) in [5, 5.41) is 3.05. The number of benzene rings is 1. The number of amides is 1. The van der Waals surface area contributed by atoms with E-state index in [4.69, 9.17) is 4.98 Å². The lowest BCUT2D eigenvalue weighted by Gasteiger charge is -2.32. The van der Waals surface area contributed by atoms with E-state index >= 15 is 0 Å². The molecule has 2 aliphatic heterocycles. The summed E-state index contributed by atoms with van der Waals surface area (Å²) in [5.41, 5.74) is 2.73. The Morgan fingerprint density at radius 2 is 1.83 bits per heavy atom. The van der Waals surface area contributed by atoms with Crippen LogP contribution in [0.25, 0.3) is 11.2 Å². The first-order valence-electron chi connectivity index (χ1n) is 11.6. The van der Waals surface area contributed by atoms with Crippen molar-refractivity contribution in [2.24, 2.45) is 0 Å². The number of rotatable bonds is 4. The summed E-state index contributed by atoms with van der Waals surface area (Å²) < 4.78 is 55.4. The van der Waals surface area contributed by atoms with Gasteiger partial charge in [-0.3, -0.25) is 4.79 Å². The number of nitrogens with one attached hydrogen (secondary N) is 2. The lowest BCUT2D eigenvalue weighted by molar-refractivity contribution is -0.274. The van der Waals surface area contributed by atoms with Crippen LogP contribution in [0.5, 0.6) is 5.75 Å². The summed E-state index contributed by atoms with van der Waals surface area (Å²) in [6.45, 7) is 2.07. The van der Waals surface area contributed by atoms with Gasteiger partial charge in [-0.05, 0) is 67.6 Å². The smallest absolute Gasteiger partial charge is 0.406 e. The van der Waals surface area contributed by atoms with Crippen molar-refractivity contribution < 1.29 is 27.1 Å². The third-order valence-electron chi connectivity index (χ3n) is 6.75. The number of halogens is 4. The number of likely N-dealkylation sites (tertiary alicyclic amines) is 1. The molecule has 7 nitrogen and oxygen atoms in total. The predicted octanol–water partition coefficient (Wildman–Crippen LogP) is 4.29. The zero-order valence-corrected chi connectivity index (χ0v) is 18.8. The van der Waals surface area contributed by atoms with Crippen LogP contribution < -0.4 is 10.1 Å². The normalized spacial score (nSPS) is 21.9. The van der Waals surface area contributed by atoms with Crippen LogP contribution in [0.2, 0.25) is 0 Å². The molecule has 1 aromatic carbocycles. The molecule has 5 rings (SSSR count). The zero-order valence-electron chi connectivity index (χ0n) is 18.8. The largest absolute Gasteiger partial charge is 0.573 e. The SMILES string of the molecule is O=C(c1ccc(OC(F)(F)F)cc1)N1CCC(c2ccnc3[nH]c(C4CCNCC4F)nc23)CC1. The molecule has 2 aromatic heterocycles. The number of ether oxygens (including phenoxy) is 1. The number of aromatic nitrogens is 3. The van der Waals surface area contributed by atoms with Gasteiger partial charge in [0.1, 0.15) is 23.3 Å². The van der Waals surface area contributed by atoms with Crippen LogP contribution in [0, 0.1) is 0 Å². The van der Waals surface area contributed by atoms with E-state index in [1.807, 2.05) is 6.07 Å². The number of imidazole rings is 1. The van der Waals surface area contributed by atoms with Gasteiger partial charge in [-0.2, -0.15) is 0 Å². The number of alkyl halides is 4. The van der Waals surface area contributed by atoms with Gasteiger partial charge in [-0.15, -0.1) is 13.2 Å². The number of pyridine rings is 1. The predicted molar refractivity (Wildman–Crippen MR) is 120 cm³/mol. The Morgan fingerprint density at radius 1 is 1.09 bits per heavy atom. The molecule has 0 bridgehead atoms. The van der Waals surface area contributed by atoms with Crippen molar-refractivity contribution in [1.29, 1.82) is 0 Å². The molecule has 0 radical (unpaired) electrons. The molecule has 11 heteroatoms. The van der Waals surface area contributed by atoms with Gasteiger partial charge in [0.05, 0.1) is 5.92 Å². The first-order chi connectivity index (χ1) is 16.8. The molecule has 35 heavy (non-hydrogen) atoms. The average Bonchev–Trinajstić information content (AvgIpc) is 3.28.